The number of aryl methyl sites for hydroxylation is 1. The van der Waals surface area contributed by atoms with Gasteiger partial charge in [-0.05, 0) is 62.1 Å². The summed E-state index contributed by atoms with van der Waals surface area (Å²) in [6.45, 7) is 10.3. The van der Waals surface area contributed by atoms with Crippen molar-refractivity contribution < 1.29 is 14.3 Å². The zero-order valence-electron chi connectivity index (χ0n) is 19.4. The van der Waals surface area contributed by atoms with Gasteiger partial charge >= 0.3 is 5.97 Å². The van der Waals surface area contributed by atoms with Crippen LogP contribution in [0.1, 0.15) is 61.0 Å². The van der Waals surface area contributed by atoms with Crippen LogP contribution in [0.5, 0.6) is 0 Å². The van der Waals surface area contributed by atoms with Crippen LogP contribution < -0.4 is 5.32 Å². The van der Waals surface area contributed by atoms with E-state index in [1.165, 1.54) is 5.56 Å². The van der Waals surface area contributed by atoms with E-state index >= 15 is 0 Å². The molecular formula is C26H31N3O3. The molecule has 1 amide bonds. The van der Waals surface area contributed by atoms with E-state index in [0.29, 0.717) is 11.5 Å². The Kier molecular flexibility index (Phi) is 7.46. The molecule has 1 heterocycles. The molecule has 0 spiro atoms. The molecule has 0 aliphatic rings. The van der Waals surface area contributed by atoms with Crippen LogP contribution in [-0.2, 0) is 11.2 Å². The van der Waals surface area contributed by atoms with Crippen LogP contribution in [-0.4, -0.2) is 34.3 Å². The fourth-order valence-corrected chi connectivity index (χ4v) is 3.21. The second-order valence-corrected chi connectivity index (χ2v) is 8.15. The minimum Gasteiger partial charge on any atom is -0.461 e. The van der Waals surface area contributed by atoms with Crippen LogP contribution in [0.25, 0.3) is 16.9 Å². The highest BCUT2D eigenvalue weighted by Gasteiger charge is 2.18. The molecule has 32 heavy (non-hydrogen) atoms. The number of amides is 1. The molecular weight excluding hydrogens is 402 g/mol. The van der Waals surface area contributed by atoms with Gasteiger partial charge in [-0.2, -0.15) is 5.10 Å². The van der Waals surface area contributed by atoms with Crippen molar-refractivity contribution in [2.24, 2.45) is 5.92 Å². The maximum atomic E-state index is 12.5. The Morgan fingerprint density at radius 1 is 1.00 bits per heavy atom. The first-order valence-corrected chi connectivity index (χ1v) is 11.1. The zero-order valence-corrected chi connectivity index (χ0v) is 19.4. The second kappa shape index (κ2) is 10.3. The minimum absolute atomic E-state index is 0.0816. The van der Waals surface area contributed by atoms with Gasteiger partial charge in [0.1, 0.15) is 0 Å². The van der Waals surface area contributed by atoms with Crippen LogP contribution in [0.3, 0.4) is 0 Å². The van der Waals surface area contributed by atoms with Gasteiger partial charge in [0.15, 0.2) is 5.69 Å². The molecule has 0 saturated carbocycles. The van der Waals surface area contributed by atoms with E-state index in [1.54, 1.807) is 29.8 Å². The summed E-state index contributed by atoms with van der Waals surface area (Å²) in [6, 6.07) is 17.2. The van der Waals surface area contributed by atoms with Gasteiger partial charge in [-0.25, -0.2) is 9.48 Å². The lowest BCUT2D eigenvalue weighted by molar-refractivity contribution is 0.0518. The van der Waals surface area contributed by atoms with Gasteiger partial charge in [0.25, 0.3) is 5.91 Å². The first-order valence-electron chi connectivity index (χ1n) is 11.1. The molecule has 0 saturated heterocycles. The standard InChI is InChI=1S/C26H31N3O3/c1-6-19-8-10-20(11-9-19)24-16-23(26(31)32-7-2)28-29(24)22-14-12-21(13-15-22)25(30)27-18(5)17(3)4/h8-18H,6-7H2,1-5H3,(H,27,30)/t18-/m1/s1. The highest BCUT2D eigenvalue weighted by Crippen LogP contribution is 2.25. The van der Waals surface area contributed by atoms with Crippen molar-refractivity contribution >= 4 is 11.9 Å². The SMILES string of the molecule is CCOC(=O)c1cc(-c2ccc(CC)cc2)n(-c2ccc(C(=O)N[C@H](C)C(C)C)cc2)n1. The van der Waals surface area contributed by atoms with Gasteiger partial charge in [0.2, 0.25) is 0 Å². The van der Waals surface area contributed by atoms with E-state index in [1.807, 2.05) is 31.2 Å². The monoisotopic (exact) mass is 433 g/mol. The largest absolute Gasteiger partial charge is 0.461 e. The van der Waals surface area contributed by atoms with Crippen molar-refractivity contribution in [1.29, 1.82) is 0 Å². The van der Waals surface area contributed by atoms with Gasteiger partial charge in [-0.3, -0.25) is 4.79 Å². The molecule has 1 N–H and O–H groups in total. The number of rotatable bonds is 8. The normalized spacial score (nSPS) is 11.9. The summed E-state index contributed by atoms with van der Waals surface area (Å²) >= 11 is 0. The van der Waals surface area contributed by atoms with Gasteiger partial charge in [-0.1, -0.05) is 45.0 Å². The average molecular weight is 434 g/mol. The summed E-state index contributed by atoms with van der Waals surface area (Å²) in [5.41, 5.74) is 4.53. The molecule has 0 unspecified atom stereocenters. The molecule has 3 rings (SSSR count). The molecule has 6 nitrogen and oxygen atoms in total. The summed E-state index contributed by atoms with van der Waals surface area (Å²) in [7, 11) is 0. The van der Waals surface area contributed by atoms with E-state index in [2.05, 4.69) is 43.3 Å². The Labute approximate surface area is 189 Å². The van der Waals surface area contributed by atoms with Crippen molar-refractivity contribution in [1.82, 2.24) is 15.1 Å². The van der Waals surface area contributed by atoms with E-state index in [9.17, 15) is 9.59 Å². The summed E-state index contributed by atoms with van der Waals surface area (Å²) < 4.78 is 6.86. The molecule has 1 atom stereocenters. The van der Waals surface area contributed by atoms with Crippen LogP contribution in [0, 0.1) is 5.92 Å². The first-order chi connectivity index (χ1) is 15.3. The van der Waals surface area contributed by atoms with Crippen molar-refractivity contribution in [3.8, 4) is 16.9 Å². The Morgan fingerprint density at radius 2 is 1.66 bits per heavy atom. The Bertz CT molecular complexity index is 1070. The second-order valence-electron chi connectivity index (χ2n) is 8.15. The molecule has 6 heteroatoms. The van der Waals surface area contributed by atoms with Crippen LogP contribution in [0.2, 0.25) is 0 Å². The number of nitrogens with zero attached hydrogens (tertiary/aromatic N) is 2. The van der Waals surface area contributed by atoms with Crippen LogP contribution in [0.15, 0.2) is 54.6 Å². The smallest absolute Gasteiger partial charge is 0.358 e. The number of carbonyl (C=O) groups excluding carboxylic acids is 2. The molecule has 1 aromatic heterocycles. The third-order valence-electron chi connectivity index (χ3n) is 5.58. The number of ether oxygens (including phenoxy) is 1. The number of benzene rings is 2. The van der Waals surface area contributed by atoms with E-state index in [0.717, 1.165) is 23.4 Å². The van der Waals surface area contributed by atoms with E-state index < -0.39 is 5.97 Å². The highest BCUT2D eigenvalue weighted by atomic mass is 16.5. The van der Waals surface area contributed by atoms with Crippen molar-refractivity contribution in [3.05, 3.63) is 71.4 Å². The molecule has 0 aliphatic heterocycles. The number of aromatic nitrogens is 2. The lowest BCUT2D eigenvalue weighted by Gasteiger charge is -2.17. The predicted octanol–water partition coefficient (Wildman–Crippen LogP) is 5.05. The Hall–Kier alpha value is -3.41. The molecule has 168 valence electrons. The van der Waals surface area contributed by atoms with Gasteiger partial charge in [0, 0.05) is 17.2 Å². The molecule has 0 aliphatic carbocycles. The third kappa shape index (κ3) is 5.25. The molecule has 0 bridgehead atoms. The number of hydrogen-bond acceptors (Lipinski definition) is 4. The van der Waals surface area contributed by atoms with Crippen molar-refractivity contribution in [2.75, 3.05) is 6.61 Å². The summed E-state index contributed by atoms with van der Waals surface area (Å²) in [5.74, 6) is -0.220. The van der Waals surface area contributed by atoms with Crippen molar-refractivity contribution in [3.63, 3.8) is 0 Å². The highest BCUT2D eigenvalue weighted by molar-refractivity contribution is 5.94. The fraction of sp³-hybridized carbons (Fsp3) is 0.346. The van der Waals surface area contributed by atoms with Gasteiger partial charge < -0.3 is 10.1 Å². The Morgan fingerprint density at radius 3 is 2.22 bits per heavy atom. The number of hydrogen-bond donors (Lipinski definition) is 1. The molecule has 3 aromatic rings. The first kappa shape index (κ1) is 23.3. The quantitative estimate of drug-likeness (QED) is 0.505. The summed E-state index contributed by atoms with van der Waals surface area (Å²) in [6.07, 6.45) is 0.951. The maximum absolute atomic E-state index is 12.5. The predicted molar refractivity (Wildman–Crippen MR) is 126 cm³/mol. The maximum Gasteiger partial charge on any atom is 0.358 e. The summed E-state index contributed by atoms with van der Waals surface area (Å²) in [5, 5.41) is 7.52. The fourth-order valence-electron chi connectivity index (χ4n) is 3.21. The van der Waals surface area contributed by atoms with E-state index in [-0.39, 0.29) is 24.2 Å². The number of carbonyl (C=O) groups is 2. The van der Waals surface area contributed by atoms with Crippen LogP contribution >= 0.6 is 0 Å². The van der Waals surface area contributed by atoms with Gasteiger partial charge in [-0.15, -0.1) is 0 Å². The number of nitrogens with one attached hydrogen (secondary N) is 1. The topological polar surface area (TPSA) is 73.2 Å². The van der Waals surface area contributed by atoms with Crippen LogP contribution in [0.4, 0.5) is 0 Å². The molecule has 0 fully saturated rings. The van der Waals surface area contributed by atoms with Gasteiger partial charge in [0.05, 0.1) is 18.0 Å². The average Bonchev–Trinajstić information content (AvgIpc) is 3.25. The summed E-state index contributed by atoms with van der Waals surface area (Å²) in [4.78, 5) is 24.9. The lowest BCUT2D eigenvalue weighted by atomic mass is 10.1. The molecule has 2 aromatic carbocycles. The lowest BCUT2D eigenvalue weighted by Crippen LogP contribution is -2.36. The third-order valence-corrected chi connectivity index (χ3v) is 5.58. The minimum atomic E-state index is -0.462. The van der Waals surface area contributed by atoms with E-state index in [4.69, 9.17) is 4.74 Å². The Balaban J connectivity index is 1.96. The molecule has 0 radical (unpaired) electrons. The number of esters is 1. The zero-order chi connectivity index (χ0) is 23.3. The van der Waals surface area contributed by atoms with Crippen molar-refractivity contribution in [2.45, 2.75) is 47.1 Å².